The van der Waals surface area contributed by atoms with Crippen LogP contribution in [0.15, 0.2) is 29.8 Å². The Balaban J connectivity index is 1.76. The van der Waals surface area contributed by atoms with Crippen molar-refractivity contribution in [3.63, 3.8) is 0 Å². The number of amides is 4. The SMILES string of the molecule is COc1ccc([C@H]2C3=CC[C@@H]4C(=O)N(C)C(=O)[C@@H]4[C@@H]3C[C@@]3(Cl)C(=O)N(CBr)C(=O)[C@@]23Cl)c(O)c1. The van der Waals surface area contributed by atoms with Crippen molar-refractivity contribution in [3.05, 3.63) is 35.4 Å². The van der Waals surface area contributed by atoms with Gasteiger partial charge in [-0.15, -0.1) is 23.2 Å². The highest BCUT2D eigenvalue weighted by Gasteiger charge is 2.76. The normalized spacial score (nSPS) is 36.9. The van der Waals surface area contributed by atoms with E-state index in [0.29, 0.717) is 11.3 Å². The molecule has 6 atom stereocenters. The number of benzene rings is 1. The molecule has 0 radical (unpaired) electrons. The molecule has 4 amide bonds. The number of fused-ring (bicyclic) bond motifs is 4. The second kappa shape index (κ2) is 7.70. The lowest BCUT2D eigenvalue weighted by Crippen LogP contribution is -2.60. The summed E-state index contributed by atoms with van der Waals surface area (Å²) in [4.78, 5) is 51.1. The van der Waals surface area contributed by atoms with Crippen LogP contribution in [0.4, 0.5) is 0 Å². The summed E-state index contributed by atoms with van der Waals surface area (Å²) in [6.45, 7) is 0. The molecule has 1 aromatic carbocycles. The number of imide groups is 2. The highest BCUT2D eigenvalue weighted by Crippen LogP contribution is 2.66. The Hall–Kier alpha value is -2.10. The van der Waals surface area contributed by atoms with Gasteiger partial charge in [0.25, 0.3) is 11.8 Å². The molecule has 2 heterocycles. The van der Waals surface area contributed by atoms with Gasteiger partial charge in [-0.05, 0) is 24.8 Å². The largest absolute Gasteiger partial charge is 0.508 e. The van der Waals surface area contributed by atoms with Gasteiger partial charge < -0.3 is 9.84 Å². The Labute approximate surface area is 213 Å². The zero-order valence-electron chi connectivity index (χ0n) is 18.3. The average molecular weight is 572 g/mol. The van der Waals surface area contributed by atoms with E-state index in [1.165, 1.54) is 20.2 Å². The third kappa shape index (κ3) is 2.72. The number of halogens is 3. The summed E-state index contributed by atoms with van der Waals surface area (Å²) in [5.74, 6) is -4.69. The highest BCUT2D eigenvalue weighted by molar-refractivity contribution is 9.09. The predicted molar refractivity (Wildman–Crippen MR) is 126 cm³/mol. The summed E-state index contributed by atoms with van der Waals surface area (Å²) in [7, 11) is 2.89. The van der Waals surface area contributed by atoms with Crippen LogP contribution in [0.2, 0.25) is 0 Å². The lowest BCUT2D eigenvalue weighted by Gasteiger charge is -2.50. The molecule has 0 aromatic heterocycles. The zero-order chi connectivity index (χ0) is 24.7. The van der Waals surface area contributed by atoms with Gasteiger partial charge in [-0.3, -0.25) is 29.0 Å². The van der Waals surface area contributed by atoms with E-state index in [-0.39, 0.29) is 41.4 Å². The Bertz CT molecular complexity index is 1190. The fourth-order valence-electron chi connectivity index (χ4n) is 6.15. The average Bonchev–Trinajstić information content (AvgIpc) is 3.12. The first kappa shape index (κ1) is 23.6. The van der Waals surface area contributed by atoms with E-state index < -0.39 is 45.2 Å². The smallest absolute Gasteiger partial charge is 0.254 e. The first-order valence-corrected chi connectivity index (χ1v) is 12.6. The molecule has 4 aliphatic rings. The number of hydrogen-bond donors (Lipinski definition) is 1. The number of aromatic hydroxyl groups is 1. The quantitative estimate of drug-likeness (QED) is 0.259. The number of rotatable bonds is 3. The molecule has 3 fully saturated rings. The molecule has 11 heteroatoms. The summed E-state index contributed by atoms with van der Waals surface area (Å²) in [5.41, 5.74) is 0.810. The number of methoxy groups -OCH3 is 1. The zero-order valence-corrected chi connectivity index (χ0v) is 21.4. The monoisotopic (exact) mass is 570 g/mol. The molecule has 5 rings (SSSR count). The van der Waals surface area contributed by atoms with Crippen LogP contribution in [0.5, 0.6) is 11.5 Å². The topological polar surface area (TPSA) is 104 Å². The molecular weight excluding hydrogens is 551 g/mol. The highest BCUT2D eigenvalue weighted by atomic mass is 79.9. The van der Waals surface area contributed by atoms with E-state index in [9.17, 15) is 24.3 Å². The second-order valence-electron chi connectivity index (χ2n) is 9.15. The molecule has 1 saturated carbocycles. The summed E-state index contributed by atoms with van der Waals surface area (Å²) < 4.78 is 5.19. The maximum atomic E-state index is 13.6. The van der Waals surface area contributed by atoms with E-state index in [1.54, 1.807) is 12.1 Å². The van der Waals surface area contributed by atoms with Crippen molar-refractivity contribution in [2.75, 3.05) is 19.6 Å². The van der Waals surface area contributed by atoms with Crippen LogP contribution in [-0.2, 0) is 19.2 Å². The maximum Gasteiger partial charge on any atom is 0.254 e. The lowest BCUT2D eigenvalue weighted by atomic mass is 9.56. The number of hydrogen-bond acceptors (Lipinski definition) is 6. The number of carbonyl (C=O) groups is 4. The molecule has 8 nitrogen and oxygen atoms in total. The maximum absolute atomic E-state index is 13.6. The predicted octanol–water partition coefficient (Wildman–Crippen LogP) is 2.74. The van der Waals surface area contributed by atoms with Gasteiger partial charge in [-0.1, -0.05) is 33.6 Å². The molecule has 0 unspecified atom stereocenters. The number of nitrogens with zero attached hydrogens (tertiary/aromatic N) is 2. The molecule has 2 aliphatic heterocycles. The Morgan fingerprint density at radius 2 is 1.85 bits per heavy atom. The van der Waals surface area contributed by atoms with Gasteiger partial charge in [0, 0.05) is 24.6 Å². The van der Waals surface area contributed by atoms with E-state index in [0.717, 1.165) is 9.80 Å². The Morgan fingerprint density at radius 1 is 1.15 bits per heavy atom. The van der Waals surface area contributed by atoms with E-state index >= 15 is 0 Å². The van der Waals surface area contributed by atoms with Crippen LogP contribution in [-0.4, -0.2) is 67.9 Å². The number of allylic oxidation sites excluding steroid dienone is 2. The number of phenols is 1. The standard InChI is InChI=1S/C23H21BrCl2N2O6/c1-27-18(30)13-6-5-11-14(16(13)19(27)31)8-22(25)20(32)28(9-24)21(33)23(22,26)17(11)12-4-3-10(34-2)7-15(12)29/h3-5,7,13-14,16-17,29H,6,8-9H2,1-2H3/t13-,14+,16-,17+,22+,23-/m0/s1. The summed E-state index contributed by atoms with van der Waals surface area (Å²) >= 11 is 17.3. The fourth-order valence-corrected chi connectivity index (χ4v) is 7.57. The number of carbonyl (C=O) groups excluding carboxylic acids is 4. The van der Waals surface area contributed by atoms with Crippen LogP contribution in [0.3, 0.4) is 0 Å². The minimum absolute atomic E-state index is 0.0839. The fraction of sp³-hybridized carbons (Fsp3) is 0.478. The molecule has 2 saturated heterocycles. The number of alkyl halides is 3. The van der Waals surface area contributed by atoms with Crippen molar-refractivity contribution in [1.29, 1.82) is 0 Å². The molecule has 1 aromatic rings. The van der Waals surface area contributed by atoms with Crippen LogP contribution in [0.25, 0.3) is 0 Å². The van der Waals surface area contributed by atoms with Crippen LogP contribution in [0.1, 0.15) is 24.3 Å². The third-order valence-corrected chi connectivity index (χ3v) is 9.70. The van der Waals surface area contributed by atoms with E-state index in [2.05, 4.69) is 15.9 Å². The van der Waals surface area contributed by atoms with Crippen LogP contribution in [0, 0.1) is 17.8 Å². The van der Waals surface area contributed by atoms with Crippen molar-refractivity contribution in [1.82, 2.24) is 9.80 Å². The third-order valence-electron chi connectivity index (χ3n) is 7.78. The first-order valence-electron chi connectivity index (χ1n) is 10.7. The van der Waals surface area contributed by atoms with Gasteiger partial charge >= 0.3 is 0 Å². The van der Waals surface area contributed by atoms with Crippen LogP contribution >= 0.6 is 39.1 Å². The minimum atomic E-state index is -1.95. The summed E-state index contributed by atoms with van der Waals surface area (Å²) in [6, 6.07) is 4.59. The number of ether oxygens (including phenoxy) is 1. The molecule has 34 heavy (non-hydrogen) atoms. The molecule has 1 N–H and O–H groups in total. The molecule has 0 spiro atoms. The van der Waals surface area contributed by atoms with E-state index in [1.807, 2.05) is 6.08 Å². The molecule has 180 valence electrons. The van der Waals surface area contributed by atoms with Gasteiger partial charge in [0.2, 0.25) is 11.8 Å². The van der Waals surface area contributed by atoms with Crippen molar-refractivity contribution in [2.24, 2.45) is 17.8 Å². The van der Waals surface area contributed by atoms with Gasteiger partial charge in [0.05, 0.1) is 24.4 Å². The lowest BCUT2D eigenvalue weighted by molar-refractivity contribution is -0.140. The summed E-state index contributed by atoms with van der Waals surface area (Å²) in [6.07, 6.45) is 2.02. The van der Waals surface area contributed by atoms with Gasteiger partial charge in [0.15, 0.2) is 9.75 Å². The van der Waals surface area contributed by atoms with Crippen molar-refractivity contribution in [3.8, 4) is 11.5 Å². The van der Waals surface area contributed by atoms with Crippen molar-refractivity contribution >= 4 is 62.8 Å². The second-order valence-corrected chi connectivity index (χ2v) is 10.9. The van der Waals surface area contributed by atoms with Gasteiger partial charge in [-0.25, -0.2) is 0 Å². The van der Waals surface area contributed by atoms with Gasteiger partial charge in [0.1, 0.15) is 11.5 Å². The summed E-state index contributed by atoms with van der Waals surface area (Å²) in [5, 5.41) is 10.9. The number of phenolic OH excluding ortho intramolecular Hbond substituents is 1. The minimum Gasteiger partial charge on any atom is -0.508 e. The Morgan fingerprint density at radius 3 is 2.47 bits per heavy atom. The molecular formula is C23H21BrCl2N2O6. The first-order chi connectivity index (χ1) is 16.0. The van der Waals surface area contributed by atoms with Gasteiger partial charge in [-0.2, -0.15) is 0 Å². The van der Waals surface area contributed by atoms with E-state index in [4.69, 9.17) is 27.9 Å². The van der Waals surface area contributed by atoms with Crippen LogP contribution < -0.4 is 4.74 Å². The number of likely N-dealkylation sites (tertiary alicyclic amines) is 2. The van der Waals surface area contributed by atoms with Crippen molar-refractivity contribution < 1.29 is 29.0 Å². The Kier molecular flexibility index (Phi) is 5.35. The molecule has 2 aliphatic carbocycles. The van der Waals surface area contributed by atoms with Crippen molar-refractivity contribution in [2.45, 2.75) is 28.5 Å². The molecule has 0 bridgehead atoms.